The Kier molecular flexibility index (Phi) is 3.97. The number of amides is 1. The topological polar surface area (TPSA) is 50.4 Å². The minimum absolute atomic E-state index is 0.106. The fourth-order valence-corrected chi connectivity index (χ4v) is 3.41. The number of carbonyl (C=O) groups excluding carboxylic acids is 1. The Bertz CT molecular complexity index is 317. The van der Waals surface area contributed by atoms with Crippen molar-refractivity contribution in [2.75, 3.05) is 13.2 Å². The molecule has 1 saturated heterocycles. The first kappa shape index (κ1) is 13.8. The van der Waals surface area contributed by atoms with Gasteiger partial charge in [-0.15, -0.1) is 0 Å². The molecule has 2 N–H and O–H groups in total. The molecule has 1 aliphatic carbocycles. The van der Waals surface area contributed by atoms with Crippen molar-refractivity contribution < 1.29 is 9.53 Å². The standard InChI is InChI=1S/C14H26N2O2/c1-5-7-15-13(17)9(2)16-11-10-6-8-18-12(10)14(11,3)4/h9-12,16H,5-8H2,1-4H3,(H,15,17). The van der Waals surface area contributed by atoms with E-state index in [2.05, 4.69) is 31.4 Å². The molecule has 4 unspecified atom stereocenters. The molecule has 4 heteroatoms. The lowest BCUT2D eigenvalue weighted by Gasteiger charge is -2.55. The number of fused-ring (bicyclic) bond motifs is 1. The van der Waals surface area contributed by atoms with Crippen LogP contribution < -0.4 is 10.6 Å². The summed E-state index contributed by atoms with van der Waals surface area (Å²) < 4.78 is 5.76. The molecule has 0 bridgehead atoms. The average molecular weight is 254 g/mol. The van der Waals surface area contributed by atoms with Gasteiger partial charge in [-0.05, 0) is 19.8 Å². The number of hydrogen-bond donors (Lipinski definition) is 2. The van der Waals surface area contributed by atoms with Gasteiger partial charge in [0, 0.05) is 30.5 Å². The third-order valence-corrected chi connectivity index (χ3v) is 4.47. The van der Waals surface area contributed by atoms with E-state index in [0.29, 0.717) is 18.1 Å². The van der Waals surface area contributed by atoms with Gasteiger partial charge >= 0.3 is 0 Å². The summed E-state index contributed by atoms with van der Waals surface area (Å²) in [6, 6.07) is 0.273. The van der Waals surface area contributed by atoms with Crippen LogP contribution >= 0.6 is 0 Å². The molecular formula is C14H26N2O2. The second kappa shape index (κ2) is 5.17. The summed E-state index contributed by atoms with van der Waals surface area (Å²) in [7, 11) is 0. The molecule has 104 valence electrons. The summed E-state index contributed by atoms with van der Waals surface area (Å²) in [6.07, 6.45) is 2.47. The molecule has 2 aliphatic rings. The summed E-state index contributed by atoms with van der Waals surface area (Å²) in [5.41, 5.74) is 0.139. The summed E-state index contributed by atoms with van der Waals surface area (Å²) in [5, 5.41) is 6.43. The Morgan fingerprint density at radius 2 is 2.22 bits per heavy atom. The zero-order chi connectivity index (χ0) is 13.3. The number of carbonyl (C=O) groups is 1. The van der Waals surface area contributed by atoms with E-state index in [1.54, 1.807) is 0 Å². The Balaban J connectivity index is 1.87. The SMILES string of the molecule is CCCNC(=O)C(C)NC1C2CCOC2C1(C)C. The molecule has 0 spiro atoms. The van der Waals surface area contributed by atoms with Crippen LogP contribution in [0.1, 0.15) is 40.5 Å². The zero-order valence-electron chi connectivity index (χ0n) is 12.0. The van der Waals surface area contributed by atoms with Crippen molar-refractivity contribution in [3.8, 4) is 0 Å². The zero-order valence-corrected chi connectivity index (χ0v) is 12.0. The summed E-state index contributed by atoms with van der Waals surface area (Å²) in [4.78, 5) is 11.9. The van der Waals surface area contributed by atoms with Crippen molar-refractivity contribution in [2.45, 2.75) is 58.7 Å². The van der Waals surface area contributed by atoms with Crippen LogP contribution in [0.5, 0.6) is 0 Å². The smallest absolute Gasteiger partial charge is 0.236 e. The van der Waals surface area contributed by atoms with Crippen LogP contribution in [-0.2, 0) is 9.53 Å². The first-order valence-corrected chi connectivity index (χ1v) is 7.13. The Labute approximate surface area is 110 Å². The fourth-order valence-electron chi connectivity index (χ4n) is 3.41. The van der Waals surface area contributed by atoms with Crippen molar-refractivity contribution in [1.82, 2.24) is 10.6 Å². The van der Waals surface area contributed by atoms with Crippen LogP contribution in [0.3, 0.4) is 0 Å². The maximum atomic E-state index is 11.9. The lowest BCUT2D eigenvalue weighted by Crippen LogP contribution is -2.68. The minimum Gasteiger partial charge on any atom is -0.377 e. The van der Waals surface area contributed by atoms with Gasteiger partial charge in [-0.1, -0.05) is 20.8 Å². The van der Waals surface area contributed by atoms with Gasteiger partial charge in [-0.3, -0.25) is 4.79 Å². The third kappa shape index (κ3) is 2.28. The molecule has 1 heterocycles. The van der Waals surface area contributed by atoms with Gasteiger partial charge in [0.1, 0.15) is 0 Å². The highest BCUT2D eigenvalue weighted by atomic mass is 16.5. The van der Waals surface area contributed by atoms with Gasteiger partial charge in [0.25, 0.3) is 0 Å². The van der Waals surface area contributed by atoms with E-state index in [1.807, 2.05) is 6.92 Å². The van der Waals surface area contributed by atoms with Crippen molar-refractivity contribution in [3.63, 3.8) is 0 Å². The second-order valence-corrected chi connectivity index (χ2v) is 6.22. The predicted molar refractivity (Wildman–Crippen MR) is 71.3 cm³/mol. The number of rotatable bonds is 5. The molecule has 2 rings (SSSR count). The van der Waals surface area contributed by atoms with Crippen LogP contribution in [0.2, 0.25) is 0 Å². The van der Waals surface area contributed by atoms with Gasteiger partial charge < -0.3 is 15.4 Å². The van der Waals surface area contributed by atoms with E-state index in [0.717, 1.165) is 26.0 Å². The Morgan fingerprint density at radius 3 is 2.89 bits per heavy atom. The fraction of sp³-hybridized carbons (Fsp3) is 0.929. The molecule has 0 aromatic heterocycles. The quantitative estimate of drug-likeness (QED) is 0.777. The van der Waals surface area contributed by atoms with E-state index in [-0.39, 0.29) is 17.4 Å². The van der Waals surface area contributed by atoms with E-state index >= 15 is 0 Å². The van der Waals surface area contributed by atoms with Crippen LogP contribution in [0, 0.1) is 11.3 Å². The lowest BCUT2D eigenvalue weighted by atomic mass is 9.57. The van der Waals surface area contributed by atoms with Crippen molar-refractivity contribution >= 4 is 5.91 Å². The largest absolute Gasteiger partial charge is 0.377 e. The van der Waals surface area contributed by atoms with E-state index < -0.39 is 0 Å². The molecule has 4 atom stereocenters. The van der Waals surface area contributed by atoms with Gasteiger partial charge in [-0.2, -0.15) is 0 Å². The highest BCUT2D eigenvalue weighted by molar-refractivity contribution is 5.81. The van der Waals surface area contributed by atoms with E-state index in [4.69, 9.17) is 4.74 Å². The molecule has 18 heavy (non-hydrogen) atoms. The van der Waals surface area contributed by atoms with Gasteiger partial charge in [0.05, 0.1) is 12.1 Å². The van der Waals surface area contributed by atoms with Gasteiger partial charge in [-0.25, -0.2) is 0 Å². The normalized spacial score (nSPS) is 34.6. The maximum Gasteiger partial charge on any atom is 0.236 e. The molecule has 1 amide bonds. The maximum absolute atomic E-state index is 11.9. The average Bonchev–Trinajstić information content (AvgIpc) is 2.79. The Hall–Kier alpha value is -0.610. The number of ether oxygens (including phenoxy) is 1. The molecule has 0 aromatic rings. The number of nitrogens with one attached hydrogen (secondary N) is 2. The van der Waals surface area contributed by atoms with Crippen molar-refractivity contribution in [3.05, 3.63) is 0 Å². The third-order valence-electron chi connectivity index (χ3n) is 4.47. The molecule has 4 nitrogen and oxygen atoms in total. The summed E-state index contributed by atoms with van der Waals surface area (Å²) in [6.45, 7) is 10.1. The molecule has 0 radical (unpaired) electrons. The van der Waals surface area contributed by atoms with Gasteiger partial charge in [0.15, 0.2) is 0 Å². The van der Waals surface area contributed by atoms with Crippen LogP contribution in [0.4, 0.5) is 0 Å². The van der Waals surface area contributed by atoms with Crippen LogP contribution in [0.25, 0.3) is 0 Å². The first-order valence-electron chi connectivity index (χ1n) is 7.13. The molecule has 0 aromatic carbocycles. The first-order chi connectivity index (χ1) is 8.48. The van der Waals surface area contributed by atoms with Crippen molar-refractivity contribution in [2.24, 2.45) is 11.3 Å². The monoisotopic (exact) mass is 254 g/mol. The lowest BCUT2D eigenvalue weighted by molar-refractivity contribution is -0.130. The molecular weight excluding hydrogens is 228 g/mol. The minimum atomic E-state index is -0.123. The van der Waals surface area contributed by atoms with E-state index in [9.17, 15) is 4.79 Å². The Morgan fingerprint density at radius 1 is 1.50 bits per heavy atom. The second-order valence-electron chi connectivity index (χ2n) is 6.22. The summed E-state index contributed by atoms with van der Waals surface area (Å²) in [5.74, 6) is 0.691. The molecule has 1 saturated carbocycles. The highest BCUT2D eigenvalue weighted by Gasteiger charge is 2.59. The predicted octanol–water partition coefficient (Wildman–Crippen LogP) is 1.30. The molecule has 2 fully saturated rings. The van der Waals surface area contributed by atoms with Gasteiger partial charge in [0.2, 0.25) is 5.91 Å². The van der Waals surface area contributed by atoms with E-state index in [1.165, 1.54) is 0 Å². The molecule has 1 aliphatic heterocycles. The summed E-state index contributed by atoms with van der Waals surface area (Å²) >= 11 is 0. The highest BCUT2D eigenvalue weighted by Crippen LogP contribution is 2.52. The van der Waals surface area contributed by atoms with Crippen LogP contribution in [-0.4, -0.2) is 37.2 Å². The van der Waals surface area contributed by atoms with Crippen molar-refractivity contribution in [1.29, 1.82) is 0 Å². The number of hydrogen-bond acceptors (Lipinski definition) is 3. The van der Waals surface area contributed by atoms with Crippen LogP contribution in [0.15, 0.2) is 0 Å².